The first kappa shape index (κ1) is 16.2. The topological polar surface area (TPSA) is 52.3 Å². The molecule has 2 N–H and O–H groups in total. The van der Waals surface area contributed by atoms with E-state index in [1.807, 2.05) is 24.3 Å². The molecule has 0 saturated heterocycles. The molecule has 3 nitrogen and oxygen atoms in total. The largest absolute Gasteiger partial charge is 0.461 e. The lowest BCUT2D eigenvalue weighted by Gasteiger charge is -2.23. The van der Waals surface area contributed by atoms with Crippen molar-refractivity contribution >= 4 is 21.9 Å². The summed E-state index contributed by atoms with van der Waals surface area (Å²) in [6.45, 7) is 6.90. The van der Waals surface area contributed by atoms with E-state index in [0.29, 0.717) is 13.2 Å². The van der Waals surface area contributed by atoms with Crippen molar-refractivity contribution in [2.45, 2.75) is 33.8 Å². The Hall–Kier alpha value is -0.870. The minimum atomic E-state index is -0.229. The Kier molecular flexibility index (Phi) is 6.01. The van der Waals surface area contributed by atoms with Gasteiger partial charge < -0.3 is 10.5 Å². The summed E-state index contributed by atoms with van der Waals surface area (Å²) in [5.41, 5.74) is 6.70. The Labute approximate surface area is 123 Å². The second kappa shape index (κ2) is 7.06. The van der Waals surface area contributed by atoms with E-state index in [4.69, 9.17) is 10.5 Å². The second-order valence-electron chi connectivity index (χ2n) is 5.94. The lowest BCUT2D eigenvalue weighted by molar-refractivity contribution is -0.150. The van der Waals surface area contributed by atoms with Crippen molar-refractivity contribution in [2.75, 3.05) is 6.54 Å². The molecule has 19 heavy (non-hydrogen) atoms. The van der Waals surface area contributed by atoms with Gasteiger partial charge in [0.2, 0.25) is 0 Å². The molecule has 1 aromatic carbocycles. The summed E-state index contributed by atoms with van der Waals surface area (Å²) < 4.78 is 6.32. The van der Waals surface area contributed by atoms with Crippen molar-refractivity contribution in [3.63, 3.8) is 0 Å². The third kappa shape index (κ3) is 6.21. The van der Waals surface area contributed by atoms with Gasteiger partial charge in [0, 0.05) is 11.0 Å². The number of rotatable bonds is 5. The first-order valence-electron chi connectivity index (χ1n) is 6.43. The Morgan fingerprint density at radius 2 is 2.11 bits per heavy atom. The van der Waals surface area contributed by atoms with Crippen LogP contribution >= 0.6 is 15.9 Å². The Bertz CT molecular complexity index is 426. The first-order chi connectivity index (χ1) is 8.81. The molecule has 0 aliphatic rings. The summed E-state index contributed by atoms with van der Waals surface area (Å²) >= 11 is 3.39. The van der Waals surface area contributed by atoms with Gasteiger partial charge in [-0.2, -0.15) is 0 Å². The molecule has 1 rings (SSSR count). The summed E-state index contributed by atoms with van der Waals surface area (Å²) in [5, 5.41) is 0. The van der Waals surface area contributed by atoms with Gasteiger partial charge in [-0.15, -0.1) is 0 Å². The number of carbonyl (C=O) groups excluding carboxylic acids is 1. The summed E-state index contributed by atoms with van der Waals surface area (Å²) in [4.78, 5) is 12.0. The smallest absolute Gasteiger partial charge is 0.310 e. The van der Waals surface area contributed by atoms with Gasteiger partial charge >= 0.3 is 5.97 Å². The number of esters is 1. The normalized spacial score (nSPS) is 13.1. The minimum Gasteiger partial charge on any atom is -0.461 e. The minimum absolute atomic E-state index is 0.0683. The molecular formula is C15H22BrNO2. The number of carbonyl (C=O) groups is 1. The molecule has 0 saturated carbocycles. The van der Waals surface area contributed by atoms with E-state index in [9.17, 15) is 4.79 Å². The summed E-state index contributed by atoms with van der Waals surface area (Å²) in [7, 11) is 0. The Morgan fingerprint density at radius 3 is 2.63 bits per heavy atom. The fraction of sp³-hybridized carbons (Fsp3) is 0.533. The number of benzene rings is 1. The van der Waals surface area contributed by atoms with E-state index in [1.165, 1.54) is 0 Å². The van der Waals surface area contributed by atoms with Crippen molar-refractivity contribution in [1.82, 2.24) is 0 Å². The van der Waals surface area contributed by atoms with Gasteiger partial charge in [0.15, 0.2) is 0 Å². The maximum absolute atomic E-state index is 12.0. The zero-order valence-corrected chi connectivity index (χ0v) is 13.4. The summed E-state index contributed by atoms with van der Waals surface area (Å²) in [6, 6.07) is 7.73. The van der Waals surface area contributed by atoms with Gasteiger partial charge in [-0.05, 0) is 29.5 Å². The average molecular weight is 328 g/mol. The van der Waals surface area contributed by atoms with E-state index in [2.05, 4.69) is 36.7 Å². The van der Waals surface area contributed by atoms with Crippen LogP contribution in [0.5, 0.6) is 0 Å². The molecule has 0 fully saturated rings. The highest BCUT2D eigenvalue weighted by Gasteiger charge is 2.24. The van der Waals surface area contributed by atoms with Crippen LogP contribution in [-0.4, -0.2) is 12.5 Å². The number of nitrogens with two attached hydrogens (primary N) is 1. The average Bonchev–Trinajstić information content (AvgIpc) is 2.32. The summed E-state index contributed by atoms with van der Waals surface area (Å²) in [5.74, 6) is -0.440. The van der Waals surface area contributed by atoms with E-state index < -0.39 is 0 Å². The van der Waals surface area contributed by atoms with E-state index >= 15 is 0 Å². The number of hydrogen-bond donors (Lipinski definition) is 1. The van der Waals surface area contributed by atoms with E-state index in [0.717, 1.165) is 16.5 Å². The first-order valence-corrected chi connectivity index (χ1v) is 7.22. The molecule has 1 unspecified atom stereocenters. The van der Waals surface area contributed by atoms with Gasteiger partial charge in [0.05, 0.1) is 5.92 Å². The lowest BCUT2D eigenvalue weighted by Crippen LogP contribution is -2.29. The molecule has 0 aliphatic heterocycles. The molecule has 1 aromatic rings. The van der Waals surface area contributed by atoms with Crippen LogP contribution < -0.4 is 5.73 Å². The molecule has 0 spiro atoms. The van der Waals surface area contributed by atoms with Crippen LogP contribution in [0.3, 0.4) is 0 Å². The Morgan fingerprint density at radius 1 is 1.42 bits per heavy atom. The predicted octanol–water partition coefficient (Wildman–Crippen LogP) is 3.50. The van der Waals surface area contributed by atoms with Crippen LogP contribution in [0.4, 0.5) is 0 Å². The zero-order chi connectivity index (χ0) is 14.5. The lowest BCUT2D eigenvalue weighted by atomic mass is 9.85. The molecule has 0 heterocycles. The fourth-order valence-electron chi connectivity index (χ4n) is 1.90. The van der Waals surface area contributed by atoms with E-state index in [-0.39, 0.29) is 17.3 Å². The monoisotopic (exact) mass is 327 g/mol. The van der Waals surface area contributed by atoms with Crippen LogP contribution in [-0.2, 0) is 16.1 Å². The number of hydrogen-bond acceptors (Lipinski definition) is 3. The van der Waals surface area contributed by atoms with Gasteiger partial charge in [-0.1, -0.05) is 48.8 Å². The predicted molar refractivity (Wildman–Crippen MR) is 80.6 cm³/mol. The van der Waals surface area contributed by atoms with E-state index in [1.54, 1.807) is 0 Å². The van der Waals surface area contributed by atoms with Crippen LogP contribution in [0, 0.1) is 11.3 Å². The molecule has 0 aliphatic carbocycles. The molecule has 0 radical (unpaired) electrons. The quantitative estimate of drug-likeness (QED) is 0.842. The maximum Gasteiger partial charge on any atom is 0.310 e. The molecule has 4 heteroatoms. The number of halogens is 1. The van der Waals surface area contributed by atoms with Crippen molar-refractivity contribution in [2.24, 2.45) is 17.1 Å². The molecule has 106 valence electrons. The third-order valence-corrected chi connectivity index (χ3v) is 3.24. The molecule has 1 atom stereocenters. The fourth-order valence-corrected chi connectivity index (χ4v) is 2.35. The van der Waals surface area contributed by atoms with Crippen molar-refractivity contribution in [3.05, 3.63) is 34.3 Å². The maximum atomic E-state index is 12.0. The molecule has 0 amide bonds. The highest BCUT2D eigenvalue weighted by atomic mass is 79.9. The van der Waals surface area contributed by atoms with Crippen molar-refractivity contribution in [3.8, 4) is 0 Å². The zero-order valence-electron chi connectivity index (χ0n) is 11.8. The SMILES string of the molecule is CC(C)(C)CC(CN)C(=O)OCc1cccc(Br)c1. The van der Waals surface area contributed by atoms with Crippen LogP contribution in [0.25, 0.3) is 0 Å². The number of ether oxygens (including phenoxy) is 1. The second-order valence-corrected chi connectivity index (χ2v) is 6.85. The third-order valence-electron chi connectivity index (χ3n) is 2.75. The van der Waals surface area contributed by atoms with Crippen LogP contribution in [0.1, 0.15) is 32.8 Å². The Balaban J connectivity index is 2.54. The van der Waals surface area contributed by atoms with Gasteiger partial charge in [-0.25, -0.2) is 0 Å². The van der Waals surface area contributed by atoms with Gasteiger partial charge in [-0.3, -0.25) is 4.79 Å². The molecule has 0 aromatic heterocycles. The van der Waals surface area contributed by atoms with Gasteiger partial charge in [0.25, 0.3) is 0 Å². The van der Waals surface area contributed by atoms with Crippen molar-refractivity contribution in [1.29, 1.82) is 0 Å². The highest BCUT2D eigenvalue weighted by molar-refractivity contribution is 9.10. The summed E-state index contributed by atoms with van der Waals surface area (Å²) in [6.07, 6.45) is 0.737. The molecular weight excluding hydrogens is 306 g/mol. The van der Waals surface area contributed by atoms with Crippen molar-refractivity contribution < 1.29 is 9.53 Å². The van der Waals surface area contributed by atoms with Gasteiger partial charge in [0.1, 0.15) is 6.61 Å². The highest BCUT2D eigenvalue weighted by Crippen LogP contribution is 2.25. The standard InChI is InChI=1S/C15H22BrNO2/c1-15(2,3)8-12(9-17)14(18)19-10-11-5-4-6-13(16)7-11/h4-7,12H,8-10,17H2,1-3H3. The van der Waals surface area contributed by atoms with Crippen LogP contribution in [0.15, 0.2) is 28.7 Å². The van der Waals surface area contributed by atoms with Crippen LogP contribution in [0.2, 0.25) is 0 Å². The molecule has 0 bridgehead atoms.